The fourth-order valence-electron chi connectivity index (χ4n) is 1.84. The number of hydrogen-bond acceptors (Lipinski definition) is 3. The minimum atomic E-state index is -0.108. The van der Waals surface area contributed by atoms with Gasteiger partial charge < -0.3 is 10.6 Å². The highest BCUT2D eigenvalue weighted by molar-refractivity contribution is 9.10. The second-order valence-corrected chi connectivity index (χ2v) is 5.64. The molecule has 0 unspecified atom stereocenters. The van der Waals surface area contributed by atoms with Crippen molar-refractivity contribution in [2.45, 2.75) is 18.9 Å². The molecule has 0 radical (unpaired) electrons. The molecule has 0 atom stereocenters. The van der Waals surface area contributed by atoms with Gasteiger partial charge in [0.2, 0.25) is 0 Å². The lowest BCUT2D eigenvalue weighted by molar-refractivity contribution is 0.0946. The normalized spacial score (nSPS) is 13.8. The molecule has 0 saturated heterocycles. The van der Waals surface area contributed by atoms with Gasteiger partial charge in [-0.15, -0.1) is 0 Å². The zero-order valence-corrected chi connectivity index (χ0v) is 12.4. The molecule has 1 amide bonds. The lowest BCUT2D eigenvalue weighted by atomic mass is 10.2. The van der Waals surface area contributed by atoms with Crippen LogP contribution < -0.4 is 10.6 Å². The standard InChI is InChI=1S/C15H14BrN3O/c16-12-3-1-2-4-13(12)18-11-7-8-17-14(9-11)15(20)19-10-5-6-10/h1-4,7-10H,5-6H2,(H,17,18)(H,19,20). The maximum Gasteiger partial charge on any atom is 0.270 e. The Morgan fingerprint density at radius 1 is 1.25 bits per heavy atom. The van der Waals surface area contributed by atoms with Crippen molar-refractivity contribution >= 4 is 33.2 Å². The van der Waals surface area contributed by atoms with Crippen LogP contribution in [0.25, 0.3) is 0 Å². The summed E-state index contributed by atoms with van der Waals surface area (Å²) in [6.45, 7) is 0. The van der Waals surface area contributed by atoms with Gasteiger partial charge in [0.15, 0.2) is 0 Å². The van der Waals surface area contributed by atoms with E-state index in [4.69, 9.17) is 0 Å². The highest BCUT2D eigenvalue weighted by atomic mass is 79.9. The summed E-state index contributed by atoms with van der Waals surface area (Å²) < 4.78 is 0.973. The van der Waals surface area contributed by atoms with E-state index in [1.807, 2.05) is 30.3 Å². The topological polar surface area (TPSA) is 54.0 Å². The molecule has 4 nitrogen and oxygen atoms in total. The summed E-state index contributed by atoms with van der Waals surface area (Å²) >= 11 is 3.48. The quantitative estimate of drug-likeness (QED) is 0.901. The van der Waals surface area contributed by atoms with Crippen LogP contribution in [0.15, 0.2) is 47.1 Å². The Bertz CT molecular complexity index is 641. The van der Waals surface area contributed by atoms with Crippen molar-refractivity contribution in [1.29, 1.82) is 0 Å². The number of hydrogen-bond donors (Lipinski definition) is 2. The average Bonchev–Trinajstić information content (AvgIpc) is 3.26. The van der Waals surface area contributed by atoms with E-state index in [0.29, 0.717) is 11.7 Å². The predicted octanol–water partition coefficient (Wildman–Crippen LogP) is 3.48. The zero-order chi connectivity index (χ0) is 13.9. The summed E-state index contributed by atoms with van der Waals surface area (Å²) in [5.74, 6) is -0.108. The van der Waals surface area contributed by atoms with Gasteiger partial charge in [0.05, 0.1) is 5.69 Å². The molecule has 1 aromatic carbocycles. The Hall–Kier alpha value is -1.88. The van der Waals surface area contributed by atoms with E-state index in [2.05, 4.69) is 31.5 Å². The van der Waals surface area contributed by atoms with Crippen molar-refractivity contribution in [1.82, 2.24) is 10.3 Å². The lowest BCUT2D eigenvalue weighted by Crippen LogP contribution is -2.26. The molecule has 2 aromatic rings. The van der Waals surface area contributed by atoms with Gasteiger partial charge in [0, 0.05) is 22.4 Å². The number of aromatic nitrogens is 1. The molecule has 3 rings (SSSR count). The Balaban J connectivity index is 1.77. The van der Waals surface area contributed by atoms with Crippen molar-refractivity contribution in [3.8, 4) is 0 Å². The highest BCUT2D eigenvalue weighted by Crippen LogP contribution is 2.25. The van der Waals surface area contributed by atoms with E-state index < -0.39 is 0 Å². The van der Waals surface area contributed by atoms with E-state index in [-0.39, 0.29) is 5.91 Å². The molecule has 1 aliphatic rings. The van der Waals surface area contributed by atoms with Crippen molar-refractivity contribution < 1.29 is 4.79 Å². The third-order valence-electron chi connectivity index (χ3n) is 3.06. The van der Waals surface area contributed by atoms with Crippen LogP contribution >= 0.6 is 15.9 Å². The van der Waals surface area contributed by atoms with E-state index in [1.165, 1.54) is 0 Å². The molecule has 1 saturated carbocycles. The first-order valence-corrected chi connectivity index (χ1v) is 7.30. The highest BCUT2D eigenvalue weighted by Gasteiger charge is 2.24. The van der Waals surface area contributed by atoms with E-state index >= 15 is 0 Å². The molecule has 5 heteroatoms. The SMILES string of the molecule is O=C(NC1CC1)c1cc(Nc2ccccc2Br)ccn1. The van der Waals surface area contributed by atoms with Gasteiger partial charge in [0.25, 0.3) is 5.91 Å². The Morgan fingerprint density at radius 2 is 2.05 bits per heavy atom. The number of amides is 1. The predicted molar refractivity (Wildman–Crippen MR) is 82.1 cm³/mol. The van der Waals surface area contributed by atoms with Gasteiger partial charge in [-0.05, 0) is 53.0 Å². The Kier molecular flexibility index (Phi) is 3.69. The van der Waals surface area contributed by atoms with Crippen molar-refractivity contribution in [3.05, 3.63) is 52.8 Å². The molecule has 1 fully saturated rings. The van der Waals surface area contributed by atoms with Crippen LogP contribution in [0.5, 0.6) is 0 Å². The second-order valence-electron chi connectivity index (χ2n) is 4.78. The number of rotatable bonds is 4. The third kappa shape index (κ3) is 3.17. The molecule has 1 aromatic heterocycles. The number of carbonyl (C=O) groups is 1. The molecular formula is C15H14BrN3O. The smallest absolute Gasteiger partial charge is 0.270 e. The fourth-order valence-corrected chi connectivity index (χ4v) is 2.22. The molecule has 1 aliphatic carbocycles. The number of anilines is 2. The minimum Gasteiger partial charge on any atom is -0.354 e. The fraction of sp³-hybridized carbons (Fsp3) is 0.200. The van der Waals surface area contributed by atoms with Crippen LogP contribution in [0.3, 0.4) is 0 Å². The van der Waals surface area contributed by atoms with E-state index in [9.17, 15) is 4.79 Å². The summed E-state index contributed by atoms with van der Waals surface area (Å²) in [5, 5.41) is 6.20. The zero-order valence-electron chi connectivity index (χ0n) is 10.8. The lowest BCUT2D eigenvalue weighted by Gasteiger charge is -2.09. The van der Waals surface area contributed by atoms with Gasteiger partial charge in [0.1, 0.15) is 5.69 Å². The third-order valence-corrected chi connectivity index (χ3v) is 3.75. The number of nitrogens with one attached hydrogen (secondary N) is 2. The monoisotopic (exact) mass is 331 g/mol. The molecule has 0 bridgehead atoms. The van der Waals surface area contributed by atoms with Crippen LogP contribution in [0.1, 0.15) is 23.3 Å². The van der Waals surface area contributed by atoms with Crippen LogP contribution in [-0.4, -0.2) is 16.9 Å². The largest absolute Gasteiger partial charge is 0.354 e. The molecule has 102 valence electrons. The summed E-state index contributed by atoms with van der Waals surface area (Å²) in [6, 6.07) is 11.8. The Labute approximate surface area is 125 Å². The van der Waals surface area contributed by atoms with Gasteiger partial charge in [-0.2, -0.15) is 0 Å². The molecule has 0 aliphatic heterocycles. The first kappa shape index (κ1) is 13.1. The van der Waals surface area contributed by atoms with Gasteiger partial charge in [-0.3, -0.25) is 9.78 Å². The number of carbonyl (C=O) groups excluding carboxylic acids is 1. The first-order chi connectivity index (χ1) is 9.72. The number of para-hydroxylation sites is 1. The summed E-state index contributed by atoms with van der Waals surface area (Å²) in [7, 11) is 0. The number of pyridine rings is 1. The van der Waals surface area contributed by atoms with Gasteiger partial charge in [-0.1, -0.05) is 12.1 Å². The van der Waals surface area contributed by atoms with Crippen molar-refractivity contribution in [2.24, 2.45) is 0 Å². The number of halogens is 1. The molecule has 2 N–H and O–H groups in total. The Morgan fingerprint density at radius 3 is 2.80 bits per heavy atom. The summed E-state index contributed by atoms with van der Waals surface area (Å²) in [6.07, 6.45) is 3.78. The molecular weight excluding hydrogens is 318 g/mol. The van der Waals surface area contributed by atoms with Crippen LogP contribution in [0, 0.1) is 0 Å². The van der Waals surface area contributed by atoms with Crippen LogP contribution in [0.4, 0.5) is 11.4 Å². The van der Waals surface area contributed by atoms with Gasteiger partial charge in [-0.25, -0.2) is 0 Å². The first-order valence-electron chi connectivity index (χ1n) is 6.51. The average molecular weight is 332 g/mol. The van der Waals surface area contributed by atoms with Crippen molar-refractivity contribution in [3.63, 3.8) is 0 Å². The maximum absolute atomic E-state index is 12.0. The van der Waals surface area contributed by atoms with Crippen LogP contribution in [-0.2, 0) is 0 Å². The summed E-state index contributed by atoms with van der Waals surface area (Å²) in [4.78, 5) is 16.1. The second kappa shape index (κ2) is 5.63. The van der Waals surface area contributed by atoms with E-state index in [1.54, 1.807) is 12.3 Å². The van der Waals surface area contributed by atoms with Gasteiger partial charge >= 0.3 is 0 Å². The maximum atomic E-state index is 12.0. The van der Waals surface area contributed by atoms with Crippen LogP contribution in [0.2, 0.25) is 0 Å². The number of nitrogens with zero attached hydrogens (tertiary/aromatic N) is 1. The molecule has 1 heterocycles. The molecule has 20 heavy (non-hydrogen) atoms. The number of benzene rings is 1. The molecule has 0 spiro atoms. The van der Waals surface area contributed by atoms with Crippen molar-refractivity contribution in [2.75, 3.05) is 5.32 Å². The van der Waals surface area contributed by atoms with E-state index in [0.717, 1.165) is 28.7 Å². The minimum absolute atomic E-state index is 0.108. The summed E-state index contributed by atoms with van der Waals surface area (Å²) in [5.41, 5.74) is 2.23.